The number of carbonyl (C=O) groups is 1. The van der Waals surface area contributed by atoms with Gasteiger partial charge in [0.15, 0.2) is 11.5 Å². The third kappa shape index (κ3) is 5.81. The molecule has 0 saturated heterocycles. The third-order valence-electron chi connectivity index (χ3n) is 4.68. The Kier molecular flexibility index (Phi) is 7.23. The van der Waals surface area contributed by atoms with Gasteiger partial charge >= 0.3 is 6.61 Å². The number of aryl methyl sites for hydroxylation is 1. The SMILES string of the molecule is COc1cc(CN(C)C(=O)CCc2ccc(-c3ccccc3F)o2)ccc1OC(F)F. The second kappa shape index (κ2) is 10.1. The molecule has 0 spiro atoms. The number of alkyl halides is 2. The van der Waals surface area contributed by atoms with Gasteiger partial charge in [-0.05, 0) is 42.0 Å². The Morgan fingerprint density at radius 2 is 1.87 bits per heavy atom. The van der Waals surface area contributed by atoms with Crippen molar-refractivity contribution in [3.8, 4) is 22.8 Å². The lowest BCUT2D eigenvalue weighted by molar-refractivity contribution is -0.130. The summed E-state index contributed by atoms with van der Waals surface area (Å²) in [4.78, 5) is 14.0. The van der Waals surface area contributed by atoms with Gasteiger partial charge in [0.25, 0.3) is 0 Å². The molecule has 31 heavy (non-hydrogen) atoms. The number of ether oxygens (including phenoxy) is 2. The summed E-state index contributed by atoms with van der Waals surface area (Å²) in [5, 5.41) is 0. The van der Waals surface area contributed by atoms with Crippen molar-refractivity contribution in [2.45, 2.75) is 26.0 Å². The van der Waals surface area contributed by atoms with Gasteiger partial charge < -0.3 is 18.8 Å². The summed E-state index contributed by atoms with van der Waals surface area (Å²) in [7, 11) is 3.00. The molecule has 0 aliphatic carbocycles. The molecule has 0 aliphatic heterocycles. The van der Waals surface area contributed by atoms with Gasteiger partial charge in [-0.2, -0.15) is 8.78 Å². The zero-order chi connectivity index (χ0) is 22.4. The van der Waals surface area contributed by atoms with Crippen LogP contribution in [0.25, 0.3) is 11.3 Å². The fraction of sp³-hybridized carbons (Fsp3) is 0.261. The summed E-state index contributed by atoms with van der Waals surface area (Å²) >= 11 is 0. The molecule has 8 heteroatoms. The van der Waals surface area contributed by atoms with Crippen LogP contribution in [0.4, 0.5) is 13.2 Å². The van der Waals surface area contributed by atoms with Crippen molar-refractivity contribution in [3.05, 3.63) is 71.7 Å². The van der Waals surface area contributed by atoms with Gasteiger partial charge in [-0.15, -0.1) is 0 Å². The normalized spacial score (nSPS) is 10.9. The molecule has 1 amide bonds. The summed E-state index contributed by atoms with van der Waals surface area (Å²) in [5.41, 5.74) is 1.07. The molecule has 2 aromatic carbocycles. The summed E-state index contributed by atoms with van der Waals surface area (Å²) in [6.45, 7) is -2.69. The average molecular weight is 433 g/mol. The molecule has 1 heterocycles. The highest BCUT2D eigenvalue weighted by atomic mass is 19.3. The van der Waals surface area contributed by atoms with E-state index in [0.717, 1.165) is 0 Å². The van der Waals surface area contributed by atoms with E-state index in [1.807, 2.05) is 0 Å². The maximum Gasteiger partial charge on any atom is 0.387 e. The molecule has 0 fully saturated rings. The Labute approximate surface area is 178 Å². The van der Waals surface area contributed by atoms with Gasteiger partial charge in [-0.1, -0.05) is 18.2 Å². The lowest BCUT2D eigenvalue weighted by Crippen LogP contribution is -2.26. The molecule has 0 aliphatic rings. The molecule has 0 saturated carbocycles. The van der Waals surface area contributed by atoms with Crippen LogP contribution >= 0.6 is 0 Å². The molecule has 5 nitrogen and oxygen atoms in total. The number of rotatable bonds is 9. The quantitative estimate of drug-likeness (QED) is 0.460. The fourth-order valence-corrected chi connectivity index (χ4v) is 3.10. The van der Waals surface area contributed by atoms with E-state index in [0.29, 0.717) is 29.1 Å². The van der Waals surface area contributed by atoms with Crippen molar-refractivity contribution in [3.63, 3.8) is 0 Å². The number of nitrogens with zero attached hydrogens (tertiary/aromatic N) is 1. The summed E-state index contributed by atoms with van der Waals surface area (Å²) < 4.78 is 53.9. The second-order valence-electron chi connectivity index (χ2n) is 6.86. The number of halogens is 3. The Balaban J connectivity index is 1.57. The van der Waals surface area contributed by atoms with Gasteiger partial charge in [0.1, 0.15) is 17.3 Å². The number of benzene rings is 2. The first-order valence-corrected chi connectivity index (χ1v) is 9.56. The maximum atomic E-state index is 13.9. The van der Waals surface area contributed by atoms with Gasteiger partial charge in [-0.25, -0.2) is 4.39 Å². The number of methoxy groups -OCH3 is 1. The van der Waals surface area contributed by atoms with Gasteiger partial charge in [0.05, 0.1) is 12.7 Å². The lowest BCUT2D eigenvalue weighted by atomic mass is 10.1. The van der Waals surface area contributed by atoms with Crippen LogP contribution in [0.5, 0.6) is 11.5 Å². The molecular formula is C23H22F3NO4. The Morgan fingerprint density at radius 1 is 1.10 bits per heavy atom. The van der Waals surface area contributed by atoms with Crippen LogP contribution in [0.15, 0.2) is 59.0 Å². The highest BCUT2D eigenvalue weighted by Crippen LogP contribution is 2.30. The number of hydrogen-bond donors (Lipinski definition) is 0. The van der Waals surface area contributed by atoms with E-state index in [2.05, 4.69) is 4.74 Å². The predicted molar refractivity (Wildman–Crippen MR) is 109 cm³/mol. The van der Waals surface area contributed by atoms with Crippen LogP contribution in [0, 0.1) is 5.82 Å². The Bertz CT molecular complexity index is 1040. The van der Waals surface area contributed by atoms with Crippen LogP contribution in [-0.2, 0) is 17.8 Å². The molecular weight excluding hydrogens is 411 g/mol. The first kappa shape index (κ1) is 22.3. The molecule has 0 atom stereocenters. The highest BCUT2D eigenvalue weighted by Gasteiger charge is 2.15. The maximum absolute atomic E-state index is 13.9. The average Bonchev–Trinajstić information content (AvgIpc) is 3.21. The molecule has 0 unspecified atom stereocenters. The lowest BCUT2D eigenvalue weighted by Gasteiger charge is -2.18. The Hall–Kier alpha value is -3.42. The first-order valence-electron chi connectivity index (χ1n) is 9.56. The first-order chi connectivity index (χ1) is 14.9. The van der Waals surface area contributed by atoms with Crippen LogP contribution in [0.3, 0.4) is 0 Å². The van der Waals surface area contributed by atoms with E-state index in [9.17, 15) is 18.0 Å². The van der Waals surface area contributed by atoms with Gasteiger partial charge in [0, 0.05) is 26.4 Å². The minimum absolute atomic E-state index is 0.0706. The topological polar surface area (TPSA) is 51.9 Å². The van der Waals surface area contributed by atoms with Crippen LogP contribution in [0.1, 0.15) is 17.7 Å². The summed E-state index contributed by atoms with van der Waals surface area (Å²) in [6, 6.07) is 14.2. The number of furan rings is 1. The second-order valence-corrected chi connectivity index (χ2v) is 6.86. The number of hydrogen-bond acceptors (Lipinski definition) is 4. The van der Waals surface area contributed by atoms with Gasteiger partial charge in [-0.3, -0.25) is 4.79 Å². The number of carbonyl (C=O) groups excluding carboxylic acids is 1. The standard InChI is InChI=1S/C23H22F3NO4/c1-27(14-15-7-10-20(31-23(25)26)21(13-15)29-2)22(28)12-9-16-8-11-19(30-16)17-5-3-4-6-18(17)24/h3-8,10-11,13,23H,9,12,14H2,1-2H3. The summed E-state index contributed by atoms with van der Waals surface area (Å²) in [6.07, 6.45) is 0.562. The summed E-state index contributed by atoms with van der Waals surface area (Å²) in [5.74, 6) is 0.575. The monoisotopic (exact) mass is 433 g/mol. The third-order valence-corrected chi connectivity index (χ3v) is 4.68. The van der Waals surface area contributed by atoms with Crippen molar-refractivity contribution in [2.75, 3.05) is 14.2 Å². The molecule has 0 N–H and O–H groups in total. The molecule has 3 aromatic rings. The van der Waals surface area contributed by atoms with Crippen LogP contribution < -0.4 is 9.47 Å². The minimum atomic E-state index is -2.95. The fourth-order valence-electron chi connectivity index (χ4n) is 3.10. The highest BCUT2D eigenvalue weighted by molar-refractivity contribution is 5.76. The van der Waals surface area contributed by atoms with Gasteiger partial charge in [0.2, 0.25) is 5.91 Å². The zero-order valence-electron chi connectivity index (χ0n) is 17.1. The smallest absolute Gasteiger partial charge is 0.387 e. The minimum Gasteiger partial charge on any atom is -0.493 e. The van der Waals surface area contributed by atoms with Crippen LogP contribution in [0.2, 0.25) is 0 Å². The van der Waals surface area contributed by atoms with E-state index in [1.165, 1.54) is 24.1 Å². The van der Waals surface area contributed by atoms with E-state index >= 15 is 0 Å². The van der Waals surface area contributed by atoms with Crippen molar-refractivity contribution in [1.82, 2.24) is 4.90 Å². The molecule has 3 rings (SSSR count). The molecule has 0 bridgehead atoms. The molecule has 0 radical (unpaired) electrons. The number of amides is 1. The zero-order valence-corrected chi connectivity index (χ0v) is 17.1. The largest absolute Gasteiger partial charge is 0.493 e. The molecule has 1 aromatic heterocycles. The van der Waals surface area contributed by atoms with Crippen molar-refractivity contribution < 1.29 is 31.9 Å². The Morgan fingerprint density at radius 3 is 2.58 bits per heavy atom. The van der Waals surface area contributed by atoms with E-state index in [4.69, 9.17) is 9.15 Å². The predicted octanol–water partition coefficient (Wildman–Crippen LogP) is 5.29. The van der Waals surface area contributed by atoms with Crippen molar-refractivity contribution in [1.29, 1.82) is 0 Å². The van der Waals surface area contributed by atoms with E-state index in [1.54, 1.807) is 49.5 Å². The van der Waals surface area contributed by atoms with E-state index < -0.39 is 6.61 Å². The van der Waals surface area contributed by atoms with Crippen LogP contribution in [-0.4, -0.2) is 31.6 Å². The van der Waals surface area contributed by atoms with E-state index in [-0.39, 0.29) is 36.2 Å². The van der Waals surface area contributed by atoms with Crippen molar-refractivity contribution >= 4 is 5.91 Å². The molecule has 164 valence electrons. The van der Waals surface area contributed by atoms with Crippen molar-refractivity contribution in [2.24, 2.45) is 0 Å².